The summed E-state index contributed by atoms with van der Waals surface area (Å²) in [6.45, 7) is 11.7. The van der Waals surface area contributed by atoms with Crippen LogP contribution in [0.4, 0.5) is 0 Å². The van der Waals surface area contributed by atoms with Gasteiger partial charge < -0.3 is 46.8 Å². The minimum atomic E-state index is -1.19. The zero-order chi connectivity index (χ0) is 48.9. The van der Waals surface area contributed by atoms with E-state index in [1.165, 1.54) is 14.7 Å². The number of hydrogen-bond acceptors (Lipinski definition) is 9. The minimum absolute atomic E-state index is 0.0260. The van der Waals surface area contributed by atoms with Gasteiger partial charge in [0.05, 0.1) is 6.04 Å². The first-order valence-corrected chi connectivity index (χ1v) is 24.1. The lowest BCUT2D eigenvalue weighted by Crippen LogP contribution is -2.61. The summed E-state index contributed by atoms with van der Waals surface area (Å²) >= 11 is 0. The molecule has 3 aliphatic heterocycles. The molecule has 2 aromatic rings. The molecule has 0 radical (unpaired) electrons. The number of nitrogens with zero attached hydrogens (tertiary/aromatic N) is 3. The highest BCUT2D eigenvalue weighted by atomic mass is 16.4. The lowest BCUT2D eigenvalue weighted by atomic mass is 9.96. The minimum Gasteiger partial charge on any atom is -0.480 e. The summed E-state index contributed by atoms with van der Waals surface area (Å²) in [7, 11) is 0. The van der Waals surface area contributed by atoms with Gasteiger partial charge in [0.25, 0.3) is 0 Å². The predicted octanol–water partition coefficient (Wildman–Crippen LogP) is 2.54. The quantitative estimate of drug-likeness (QED) is 0.107. The molecule has 3 fully saturated rings. The highest BCUT2D eigenvalue weighted by Gasteiger charge is 2.45. The normalized spacial score (nSPS) is 21.0. The van der Waals surface area contributed by atoms with Crippen molar-refractivity contribution in [2.24, 2.45) is 23.5 Å². The van der Waals surface area contributed by atoms with Gasteiger partial charge >= 0.3 is 5.97 Å². The maximum absolute atomic E-state index is 14.8. The van der Waals surface area contributed by atoms with Crippen LogP contribution in [0.3, 0.4) is 0 Å². The number of aliphatic carboxylic acids is 1. The van der Waals surface area contributed by atoms with E-state index in [0.717, 1.165) is 11.1 Å². The number of carbonyl (C=O) groups excluding carboxylic acids is 7. The predicted molar refractivity (Wildman–Crippen MR) is 252 cm³/mol. The van der Waals surface area contributed by atoms with Crippen molar-refractivity contribution in [3.63, 3.8) is 0 Å². The van der Waals surface area contributed by atoms with Crippen LogP contribution < -0.4 is 27.0 Å². The molecule has 0 unspecified atom stereocenters. The second kappa shape index (κ2) is 24.3. The Morgan fingerprint density at radius 1 is 0.612 bits per heavy atom. The number of rotatable bonds is 21. The van der Waals surface area contributed by atoms with E-state index in [-0.39, 0.29) is 43.7 Å². The van der Waals surface area contributed by atoms with Crippen LogP contribution in [-0.4, -0.2) is 135 Å². The van der Waals surface area contributed by atoms with Gasteiger partial charge in [0.1, 0.15) is 42.3 Å². The third kappa shape index (κ3) is 13.6. The average Bonchev–Trinajstić information content (AvgIpc) is 4.11. The second-order valence-electron chi connectivity index (χ2n) is 19.2. The van der Waals surface area contributed by atoms with Gasteiger partial charge in [-0.1, -0.05) is 109 Å². The zero-order valence-electron chi connectivity index (χ0n) is 39.9. The number of carboxylic acids is 1. The van der Waals surface area contributed by atoms with Crippen molar-refractivity contribution in [2.45, 2.75) is 154 Å². The molecule has 366 valence electrons. The van der Waals surface area contributed by atoms with E-state index >= 15 is 0 Å². The Morgan fingerprint density at radius 2 is 1.12 bits per heavy atom. The zero-order valence-corrected chi connectivity index (χ0v) is 39.9. The smallest absolute Gasteiger partial charge is 0.326 e. The van der Waals surface area contributed by atoms with Gasteiger partial charge in [-0.15, -0.1) is 0 Å². The molecular formula is C50H72N8O9. The summed E-state index contributed by atoms with van der Waals surface area (Å²) in [5, 5.41) is 20.9. The van der Waals surface area contributed by atoms with E-state index in [4.69, 9.17) is 5.73 Å². The van der Waals surface area contributed by atoms with Gasteiger partial charge in [0, 0.05) is 26.1 Å². The Labute approximate surface area is 394 Å². The Bertz CT molecular complexity index is 2050. The summed E-state index contributed by atoms with van der Waals surface area (Å²) in [5.41, 5.74) is 8.03. The summed E-state index contributed by atoms with van der Waals surface area (Å²) in [5.74, 6) is -5.41. The van der Waals surface area contributed by atoms with Crippen LogP contribution in [0.2, 0.25) is 0 Å². The van der Waals surface area contributed by atoms with Crippen molar-refractivity contribution >= 4 is 47.3 Å². The molecule has 0 aliphatic carbocycles. The lowest BCUT2D eigenvalue weighted by Gasteiger charge is -2.34. The molecule has 67 heavy (non-hydrogen) atoms. The fourth-order valence-corrected chi connectivity index (χ4v) is 9.45. The maximum Gasteiger partial charge on any atom is 0.326 e. The summed E-state index contributed by atoms with van der Waals surface area (Å²) in [6, 6.07) is 10.7. The molecule has 0 saturated carbocycles. The highest BCUT2D eigenvalue weighted by molar-refractivity contribution is 5.98. The largest absolute Gasteiger partial charge is 0.480 e. The van der Waals surface area contributed by atoms with E-state index < -0.39 is 95.7 Å². The molecular weight excluding hydrogens is 857 g/mol. The van der Waals surface area contributed by atoms with E-state index in [0.29, 0.717) is 57.9 Å². The summed E-state index contributed by atoms with van der Waals surface area (Å²) in [4.78, 5) is 115. The number of nitrogens with two attached hydrogens (primary N) is 1. The first-order chi connectivity index (χ1) is 31.9. The SMILES string of the molecule is CC[C@H](C)[C@H](NC(=O)[C@@H]1CCCN1C(=O)[C@@H](N)Cc1ccccc1)C(=O)N[C@@H](Cc1ccccc1)C(=O)N1CCC[C@H]1C(=O)N1CCC[C@H]1C(=O)N[C@@H](CC(C)C)C(=O)N[C@H](C(=O)O)C(C)C. The first kappa shape index (κ1) is 52.1. The van der Waals surface area contributed by atoms with E-state index in [1.54, 1.807) is 13.8 Å². The molecule has 5 rings (SSSR count). The van der Waals surface area contributed by atoms with Crippen molar-refractivity contribution < 1.29 is 43.5 Å². The number of carbonyl (C=O) groups is 8. The van der Waals surface area contributed by atoms with E-state index in [1.807, 2.05) is 88.4 Å². The van der Waals surface area contributed by atoms with Crippen molar-refractivity contribution in [3.8, 4) is 0 Å². The fraction of sp³-hybridized carbons (Fsp3) is 0.600. The number of amides is 7. The molecule has 3 heterocycles. The van der Waals surface area contributed by atoms with Crippen LogP contribution >= 0.6 is 0 Å². The second-order valence-corrected chi connectivity index (χ2v) is 19.2. The molecule has 0 aromatic heterocycles. The van der Waals surface area contributed by atoms with Gasteiger partial charge in [-0.05, 0) is 80.2 Å². The third-order valence-electron chi connectivity index (χ3n) is 13.4. The Hall–Kier alpha value is -5.84. The lowest BCUT2D eigenvalue weighted by molar-refractivity contribution is -0.148. The van der Waals surface area contributed by atoms with Crippen molar-refractivity contribution in [3.05, 3.63) is 71.8 Å². The molecule has 7 N–H and O–H groups in total. The van der Waals surface area contributed by atoms with Gasteiger partial charge in [0.15, 0.2) is 0 Å². The van der Waals surface area contributed by atoms with Gasteiger partial charge in [-0.2, -0.15) is 0 Å². The van der Waals surface area contributed by atoms with Gasteiger partial charge in [-0.3, -0.25) is 33.6 Å². The van der Waals surface area contributed by atoms with Crippen LogP contribution in [-0.2, 0) is 51.2 Å². The van der Waals surface area contributed by atoms with Crippen molar-refractivity contribution in [1.82, 2.24) is 36.0 Å². The number of carboxylic acid groups (broad SMARTS) is 1. The summed E-state index contributed by atoms with van der Waals surface area (Å²) < 4.78 is 0. The van der Waals surface area contributed by atoms with Crippen LogP contribution in [0.1, 0.15) is 104 Å². The standard InChI is InChI=1S/C50H72N8O9/c1-7-32(6)42(55-45(61)39-22-14-24-56(39)47(63)35(51)28-33-17-10-8-11-18-33)46(62)53-37(29-34-19-12-9-13-20-34)48(64)58-26-16-23-40(58)49(65)57-25-15-21-38(57)44(60)52-36(27-30(2)3)43(59)54-41(31(4)5)50(66)67/h8-13,17-20,30-32,35-42H,7,14-16,21-29,51H2,1-6H3,(H,52,60)(H,53,62)(H,54,59)(H,55,61)(H,66,67)/t32-,35-,36-,37-,38-,39-,40-,41-,42-/m0/s1. The Morgan fingerprint density at radius 3 is 1.66 bits per heavy atom. The topological polar surface area (TPSA) is 241 Å². The molecule has 17 heteroatoms. The van der Waals surface area contributed by atoms with Crippen molar-refractivity contribution in [1.29, 1.82) is 0 Å². The average molecular weight is 929 g/mol. The summed E-state index contributed by atoms with van der Waals surface area (Å²) in [6.07, 6.45) is 3.86. The van der Waals surface area contributed by atoms with Gasteiger partial charge in [-0.25, -0.2) is 4.79 Å². The van der Waals surface area contributed by atoms with Crippen molar-refractivity contribution in [2.75, 3.05) is 19.6 Å². The first-order valence-electron chi connectivity index (χ1n) is 24.1. The van der Waals surface area contributed by atoms with Crippen LogP contribution in [0.15, 0.2) is 60.7 Å². The van der Waals surface area contributed by atoms with Crippen LogP contribution in [0.25, 0.3) is 0 Å². The van der Waals surface area contributed by atoms with E-state index in [9.17, 15) is 43.5 Å². The van der Waals surface area contributed by atoms with Crippen LogP contribution in [0, 0.1) is 17.8 Å². The molecule has 9 atom stereocenters. The number of benzene rings is 2. The Kier molecular flexibility index (Phi) is 18.9. The van der Waals surface area contributed by atoms with Crippen LogP contribution in [0.5, 0.6) is 0 Å². The molecule has 2 aromatic carbocycles. The Balaban J connectivity index is 1.31. The number of hydrogen-bond donors (Lipinski definition) is 6. The maximum atomic E-state index is 14.8. The molecule has 17 nitrogen and oxygen atoms in total. The molecule has 7 amide bonds. The molecule has 0 bridgehead atoms. The fourth-order valence-electron chi connectivity index (χ4n) is 9.45. The number of likely N-dealkylation sites (tertiary alicyclic amines) is 3. The van der Waals surface area contributed by atoms with E-state index in [2.05, 4.69) is 21.3 Å². The molecule has 3 aliphatic rings. The molecule has 3 saturated heterocycles. The van der Waals surface area contributed by atoms with Gasteiger partial charge in [0.2, 0.25) is 41.4 Å². The third-order valence-corrected chi connectivity index (χ3v) is 13.4. The highest BCUT2D eigenvalue weighted by Crippen LogP contribution is 2.27. The monoisotopic (exact) mass is 929 g/mol. The molecule has 0 spiro atoms. The number of nitrogens with one attached hydrogen (secondary N) is 4.